The Morgan fingerprint density at radius 1 is 0.698 bits per heavy atom. The van der Waals surface area contributed by atoms with Crippen molar-refractivity contribution in [3.63, 3.8) is 0 Å². The van der Waals surface area contributed by atoms with Crippen molar-refractivity contribution in [3.8, 4) is 5.75 Å². The molecule has 1 atom stereocenters. The predicted molar refractivity (Wildman–Crippen MR) is 171 cm³/mol. The number of carboxylic acid groups (broad SMARTS) is 1. The Bertz CT molecular complexity index is 1610. The number of anilines is 2. The molecule has 0 amide bonds. The molecule has 0 aliphatic heterocycles. The van der Waals surface area contributed by atoms with Gasteiger partial charge in [0.2, 0.25) is 0 Å². The average Bonchev–Trinajstić information content (AvgIpc) is 3.06. The Kier molecular flexibility index (Phi) is 9.83. The van der Waals surface area contributed by atoms with Gasteiger partial charge in [0, 0.05) is 35.5 Å². The predicted octanol–water partition coefficient (Wildman–Crippen LogP) is 7.11. The quantitative estimate of drug-likeness (QED) is 0.139. The van der Waals surface area contributed by atoms with Crippen LogP contribution in [0.15, 0.2) is 140 Å². The molecule has 0 heterocycles. The number of benzene rings is 5. The molecule has 0 saturated carbocycles. The lowest BCUT2D eigenvalue weighted by Crippen LogP contribution is -2.32. The van der Waals surface area contributed by atoms with Crippen LogP contribution < -0.4 is 15.0 Å². The zero-order valence-corrected chi connectivity index (χ0v) is 23.8. The van der Waals surface area contributed by atoms with Crippen molar-refractivity contribution in [2.45, 2.75) is 19.0 Å². The highest BCUT2D eigenvalue weighted by molar-refractivity contribution is 6.12. The van der Waals surface area contributed by atoms with Crippen molar-refractivity contribution in [3.05, 3.63) is 162 Å². The summed E-state index contributed by atoms with van der Waals surface area (Å²) in [7, 11) is 0. The van der Waals surface area contributed by atoms with Crippen LogP contribution in [0.5, 0.6) is 5.75 Å². The molecule has 6 nitrogen and oxygen atoms in total. The summed E-state index contributed by atoms with van der Waals surface area (Å²) >= 11 is 0. The molecular weight excluding hydrogens is 536 g/mol. The lowest BCUT2D eigenvalue weighted by molar-refractivity contribution is -0.137. The van der Waals surface area contributed by atoms with Crippen molar-refractivity contribution in [2.24, 2.45) is 0 Å². The van der Waals surface area contributed by atoms with Gasteiger partial charge in [0.1, 0.15) is 18.4 Å². The van der Waals surface area contributed by atoms with Gasteiger partial charge in [-0.1, -0.05) is 103 Å². The Balaban J connectivity index is 1.20. The Morgan fingerprint density at radius 2 is 1.30 bits per heavy atom. The van der Waals surface area contributed by atoms with Gasteiger partial charge in [-0.25, -0.2) is 4.79 Å². The SMILES string of the molecule is O=C(c1ccccc1)c1ccccc1NC(Cc1ccc(OCCN(Cc2ccccc2)c2ccccc2)cc1)C(=O)O. The second-order valence-corrected chi connectivity index (χ2v) is 10.2. The van der Waals surface area contributed by atoms with E-state index in [1.807, 2.05) is 66.7 Å². The van der Waals surface area contributed by atoms with Crippen LogP contribution in [0.1, 0.15) is 27.0 Å². The molecule has 0 radical (unpaired) electrons. The summed E-state index contributed by atoms with van der Waals surface area (Å²) in [5.41, 5.74) is 4.66. The number of nitrogens with one attached hydrogen (secondary N) is 1. The molecular formula is C37H34N2O4. The molecule has 2 N–H and O–H groups in total. The van der Waals surface area contributed by atoms with E-state index < -0.39 is 12.0 Å². The van der Waals surface area contributed by atoms with E-state index in [4.69, 9.17) is 4.74 Å². The summed E-state index contributed by atoms with van der Waals surface area (Å²) in [4.78, 5) is 27.6. The highest BCUT2D eigenvalue weighted by atomic mass is 16.5. The monoisotopic (exact) mass is 570 g/mol. The number of nitrogens with zero attached hydrogens (tertiary/aromatic N) is 1. The molecule has 0 aliphatic carbocycles. The van der Waals surface area contributed by atoms with Crippen molar-refractivity contribution in [1.82, 2.24) is 0 Å². The van der Waals surface area contributed by atoms with Crippen molar-refractivity contribution in [2.75, 3.05) is 23.4 Å². The number of carbonyl (C=O) groups excluding carboxylic acids is 1. The second-order valence-electron chi connectivity index (χ2n) is 10.2. The van der Waals surface area contributed by atoms with Crippen LogP contribution in [0.25, 0.3) is 0 Å². The molecule has 5 rings (SSSR count). The molecule has 5 aromatic carbocycles. The third-order valence-electron chi connectivity index (χ3n) is 7.17. The van der Waals surface area contributed by atoms with Crippen LogP contribution in [0, 0.1) is 0 Å². The largest absolute Gasteiger partial charge is 0.492 e. The van der Waals surface area contributed by atoms with Crippen LogP contribution >= 0.6 is 0 Å². The molecule has 0 aromatic heterocycles. The van der Waals surface area contributed by atoms with E-state index in [2.05, 4.69) is 34.5 Å². The highest BCUT2D eigenvalue weighted by Gasteiger charge is 2.21. The molecule has 216 valence electrons. The van der Waals surface area contributed by atoms with E-state index in [0.717, 1.165) is 23.5 Å². The van der Waals surface area contributed by atoms with E-state index in [9.17, 15) is 14.7 Å². The Morgan fingerprint density at radius 3 is 1.98 bits per heavy atom. The maximum Gasteiger partial charge on any atom is 0.326 e. The van der Waals surface area contributed by atoms with E-state index in [1.165, 1.54) is 5.56 Å². The zero-order valence-electron chi connectivity index (χ0n) is 23.8. The molecule has 5 aromatic rings. The van der Waals surface area contributed by atoms with Crippen molar-refractivity contribution < 1.29 is 19.4 Å². The topological polar surface area (TPSA) is 78.9 Å². The van der Waals surface area contributed by atoms with E-state index >= 15 is 0 Å². The fourth-order valence-electron chi connectivity index (χ4n) is 4.91. The number of ether oxygens (including phenoxy) is 1. The van der Waals surface area contributed by atoms with Gasteiger partial charge in [-0.05, 0) is 47.5 Å². The van der Waals surface area contributed by atoms with Crippen LogP contribution in [0.3, 0.4) is 0 Å². The third kappa shape index (κ3) is 8.11. The van der Waals surface area contributed by atoms with Gasteiger partial charge in [0.15, 0.2) is 5.78 Å². The molecule has 43 heavy (non-hydrogen) atoms. The summed E-state index contributed by atoms with van der Waals surface area (Å²) in [5, 5.41) is 13.1. The maximum absolute atomic E-state index is 13.1. The first-order chi connectivity index (χ1) is 21.1. The van der Waals surface area contributed by atoms with E-state index in [0.29, 0.717) is 30.0 Å². The lowest BCUT2D eigenvalue weighted by atomic mass is 10.00. The fraction of sp³-hybridized carbons (Fsp3) is 0.135. The number of rotatable bonds is 14. The first-order valence-corrected chi connectivity index (χ1v) is 14.3. The van der Waals surface area contributed by atoms with Gasteiger partial charge in [-0.15, -0.1) is 0 Å². The second kappa shape index (κ2) is 14.5. The summed E-state index contributed by atoms with van der Waals surface area (Å²) in [6, 6.07) is 43.2. The van der Waals surface area contributed by atoms with Crippen LogP contribution in [-0.2, 0) is 17.8 Å². The smallest absolute Gasteiger partial charge is 0.326 e. The van der Waals surface area contributed by atoms with Gasteiger partial charge in [0.25, 0.3) is 0 Å². The van der Waals surface area contributed by atoms with Crippen LogP contribution in [0.4, 0.5) is 11.4 Å². The van der Waals surface area contributed by atoms with Gasteiger partial charge in [-0.3, -0.25) is 4.79 Å². The maximum atomic E-state index is 13.1. The minimum atomic E-state index is -0.998. The molecule has 0 bridgehead atoms. The highest BCUT2D eigenvalue weighted by Crippen LogP contribution is 2.22. The van der Waals surface area contributed by atoms with Crippen LogP contribution in [0.2, 0.25) is 0 Å². The molecule has 0 fully saturated rings. The summed E-state index contributed by atoms with van der Waals surface area (Å²) in [5.74, 6) is -0.444. The Hall–Kier alpha value is -5.36. The van der Waals surface area contributed by atoms with E-state index in [-0.39, 0.29) is 12.2 Å². The number of para-hydroxylation sites is 2. The third-order valence-corrected chi connectivity index (χ3v) is 7.17. The number of hydrogen-bond donors (Lipinski definition) is 2. The first kappa shape index (κ1) is 29.1. The molecule has 1 unspecified atom stereocenters. The molecule has 6 heteroatoms. The van der Waals surface area contributed by atoms with Gasteiger partial charge >= 0.3 is 5.97 Å². The molecule has 0 saturated heterocycles. The van der Waals surface area contributed by atoms with Crippen molar-refractivity contribution >= 4 is 23.1 Å². The summed E-state index contributed by atoms with van der Waals surface area (Å²) in [6.45, 7) is 1.97. The minimum Gasteiger partial charge on any atom is -0.492 e. The lowest BCUT2D eigenvalue weighted by Gasteiger charge is -2.25. The molecule has 0 spiro atoms. The summed E-state index contributed by atoms with van der Waals surface area (Å²) < 4.78 is 6.07. The number of carbonyl (C=O) groups is 2. The first-order valence-electron chi connectivity index (χ1n) is 14.3. The van der Waals surface area contributed by atoms with Crippen LogP contribution in [-0.4, -0.2) is 36.1 Å². The normalized spacial score (nSPS) is 11.3. The van der Waals surface area contributed by atoms with Crippen molar-refractivity contribution in [1.29, 1.82) is 0 Å². The Labute approximate surface area is 252 Å². The standard InChI is InChI=1S/C37H34N2O4/c40-36(30-14-6-2-7-15-30)33-18-10-11-19-34(33)38-35(37(41)42)26-28-20-22-32(23-21-28)43-25-24-39(31-16-8-3-9-17-31)27-29-12-4-1-5-13-29/h1-23,35,38H,24-27H2,(H,41,42). The average molecular weight is 571 g/mol. The van der Waals surface area contributed by atoms with Gasteiger partial charge < -0.3 is 20.1 Å². The summed E-state index contributed by atoms with van der Waals surface area (Å²) in [6.07, 6.45) is 0.238. The zero-order chi connectivity index (χ0) is 29.9. The number of hydrogen-bond acceptors (Lipinski definition) is 5. The fourth-order valence-corrected chi connectivity index (χ4v) is 4.91. The van der Waals surface area contributed by atoms with Gasteiger partial charge in [0.05, 0.1) is 6.54 Å². The number of ketones is 1. The minimum absolute atomic E-state index is 0.163. The number of carboxylic acids is 1. The molecule has 0 aliphatic rings. The van der Waals surface area contributed by atoms with E-state index in [1.54, 1.807) is 48.5 Å². The van der Waals surface area contributed by atoms with Gasteiger partial charge in [-0.2, -0.15) is 0 Å². The number of aliphatic carboxylic acids is 1.